The van der Waals surface area contributed by atoms with Gasteiger partial charge in [0.1, 0.15) is 11.6 Å². The summed E-state index contributed by atoms with van der Waals surface area (Å²) in [5.74, 6) is 1.86. The standard InChI is InChI=1S/C19H26N4O/c1-19(2,3)18-21-15(13-24-4)11-17(22-18)23-10-6-8-16(23)14-7-5-9-20-12-14/h5,7,9,11-12,16H,6,8,10,13H2,1-4H3. The Hall–Kier alpha value is -2.01. The summed E-state index contributed by atoms with van der Waals surface area (Å²) in [6.45, 7) is 7.94. The van der Waals surface area contributed by atoms with Gasteiger partial charge in [-0.05, 0) is 24.5 Å². The summed E-state index contributed by atoms with van der Waals surface area (Å²) < 4.78 is 5.31. The summed E-state index contributed by atoms with van der Waals surface area (Å²) in [4.78, 5) is 16.2. The third kappa shape index (κ3) is 3.56. The molecule has 1 fully saturated rings. The summed E-state index contributed by atoms with van der Waals surface area (Å²) in [5.41, 5.74) is 2.09. The zero-order chi connectivity index (χ0) is 17.2. The number of aromatic nitrogens is 3. The maximum atomic E-state index is 5.31. The Balaban J connectivity index is 1.99. The maximum Gasteiger partial charge on any atom is 0.136 e. The first-order valence-corrected chi connectivity index (χ1v) is 8.53. The molecule has 24 heavy (non-hydrogen) atoms. The third-order valence-corrected chi connectivity index (χ3v) is 4.34. The SMILES string of the molecule is COCc1cc(N2CCCC2c2cccnc2)nc(C(C)(C)C)n1. The molecule has 3 rings (SSSR count). The lowest BCUT2D eigenvalue weighted by Gasteiger charge is -2.28. The molecular formula is C19H26N4O. The first-order chi connectivity index (χ1) is 11.5. The van der Waals surface area contributed by atoms with E-state index in [4.69, 9.17) is 9.72 Å². The Morgan fingerprint density at radius 2 is 2.12 bits per heavy atom. The number of hydrogen-bond acceptors (Lipinski definition) is 5. The van der Waals surface area contributed by atoms with Gasteiger partial charge in [-0.3, -0.25) is 4.98 Å². The lowest BCUT2D eigenvalue weighted by Crippen LogP contribution is -2.26. The molecule has 0 aliphatic carbocycles. The fraction of sp³-hybridized carbons (Fsp3) is 0.526. The van der Waals surface area contributed by atoms with Gasteiger partial charge < -0.3 is 9.64 Å². The van der Waals surface area contributed by atoms with Crippen molar-refractivity contribution in [3.63, 3.8) is 0 Å². The highest BCUT2D eigenvalue weighted by Gasteiger charge is 2.29. The van der Waals surface area contributed by atoms with Gasteiger partial charge in [-0.15, -0.1) is 0 Å². The molecule has 0 amide bonds. The molecule has 1 aliphatic heterocycles. The van der Waals surface area contributed by atoms with Crippen molar-refractivity contribution in [2.75, 3.05) is 18.6 Å². The highest BCUT2D eigenvalue weighted by molar-refractivity contribution is 5.45. The number of anilines is 1. The minimum Gasteiger partial charge on any atom is -0.378 e. The summed E-state index contributed by atoms with van der Waals surface area (Å²) in [5, 5.41) is 0. The first-order valence-electron chi connectivity index (χ1n) is 8.53. The number of hydrogen-bond donors (Lipinski definition) is 0. The van der Waals surface area contributed by atoms with Gasteiger partial charge in [0.15, 0.2) is 0 Å². The highest BCUT2D eigenvalue weighted by Crippen LogP contribution is 2.35. The molecule has 0 radical (unpaired) electrons. The van der Waals surface area contributed by atoms with Gasteiger partial charge in [0, 0.05) is 37.5 Å². The van der Waals surface area contributed by atoms with Crippen LogP contribution in [0.4, 0.5) is 5.82 Å². The van der Waals surface area contributed by atoms with Gasteiger partial charge >= 0.3 is 0 Å². The lowest BCUT2D eigenvalue weighted by molar-refractivity contribution is 0.181. The summed E-state index contributed by atoms with van der Waals surface area (Å²) in [7, 11) is 1.70. The predicted molar refractivity (Wildman–Crippen MR) is 95.0 cm³/mol. The van der Waals surface area contributed by atoms with E-state index in [-0.39, 0.29) is 5.41 Å². The second kappa shape index (κ2) is 6.85. The van der Waals surface area contributed by atoms with E-state index in [9.17, 15) is 0 Å². The van der Waals surface area contributed by atoms with E-state index in [2.05, 4.69) is 47.8 Å². The van der Waals surface area contributed by atoms with Crippen molar-refractivity contribution in [2.24, 2.45) is 0 Å². The largest absolute Gasteiger partial charge is 0.378 e. The Morgan fingerprint density at radius 3 is 2.79 bits per heavy atom. The van der Waals surface area contributed by atoms with E-state index in [1.54, 1.807) is 7.11 Å². The molecule has 0 bridgehead atoms. The molecule has 1 atom stereocenters. The second-order valence-electron chi connectivity index (χ2n) is 7.36. The molecule has 128 valence electrons. The zero-order valence-corrected chi connectivity index (χ0v) is 15.0. The van der Waals surface area contributed by atoms with Crippen molar-refractivity contribution in [2.45, 2.75) is 51.7 Å². The van der Waals surface area contributed by atoms with Crippen LogP contribution in [0.1, 0.15) is 56.7 Å². The van der Waals surface area contributed by atoms with Crippen LogP contribution in [0.3, 0.4) is 0 Å². The molecular weight excluding hydrogens is 300 g/mol. The van der Waals surface area contributed by atoms with Crippen molar-refractivity contribution in [1.82, 2.24) is 15.0 Å². The number of methoxy groups -OCH3 is 1. The highest BCUT2D eigenvalue weighted by atomic mass is 16.5. The van der Waals surface area contributed by atoms with Crippen LogP contribution >= 0.6 is 0 Å². The van der Waals surface area contributed by atoms with Gasteiger partial charge in [-0.1, -0.05) is 26.8 Å². The molecule has 2 aromatic heterocycles. The van der Waals surface area contributed by atoms with E-state index in [1.165, 1.54) is 5.56 Å². The first kappa shape index (κ1) is 16.8. The maximum absolute atomic E-state index is 5.31. The zero-order valence-electron chi connectivity index (χ0n) is 15.0. The number of nitrogens with zero attached hydrogens (tertiary/aromatic N) is 4. The van der Waals surface area contributed by atoms with E-state index < -0.39 is 0 Å². The molecule has 0 spiro atoms. The normalized spacial score (nSPS) is 18.2. The molecule has 2 aromatic rings. The molecule has 0 saturated carbocycles. The van der Waals surface area contributed by atoms with Gasteiger partial charge in [-0.25, -0.2) is 9.97 Å². The van der Waals surface area contributed by atoms with Gasteiger partial charge in [0.25, 0.3) is 0 Å². The Bertz CT molecular complexity index is 682. The summed E-state index contributed by atoms with van der Waals surface area (Å²) >= 11 is 0. The fourth-order valence-corrected chi connectivity index (χ4v) is 3.15. The molecule has 1 unspecified atom stereocenters. The molecule has 1 aliphatic rings. The summed E-state index contributed by atoms with van der Waals surface area (Å²) in [6, 6.07) is 6.55. The van der Waals surface area contributed by atoms with Crippen molar-refractivity contribution in [3.8, 4) is 0 Å². The molecule has 3 heterocycles. The van der Waals surface area contributed by atoms with Crippen LogP contribution in [-0.2, 0) is 16.8 Å². The van der Waals surface area contributed by atoms with Crippen LogP contribution in [0.5, 0.6) is 0 Å². The van der Waals surface area contributed by atoms with E-state index in [0.29, 0.717) is 12.6 Å². The van der Waals surface area contributed by atoms with Crippen LogP contribution in [0.15, 0.2) is 30.6 Å². The minimum absolute atomic E-state index is 0.0952. The van der Waals surface area contributed by atoms with Crippen molar-refractivity contribution in [1.29, 1.82) is 0 Å². The van der Waals surface area contributed by atoms with E-state index in [1.807, 2.05) is 18.5 Å². The quantitative estimate of drug-likeness (QED) is 0.858. The smallest absolute Gasteiger partial charge is 0.136 e. The van der Waals surface area contributed by atoms with Crippen LogP contribution in [0.25, 0.3) is 0 Å². The molecule has 0 N–H and O–H groups in total. The number of rotatable bonds is 4. The van der Waals surface area contributed by atoms with Crippen molar-refractivity contribution in [3.05, 3.63) is 47.7 Å². The summed E-state index contributed by atoms with van der Waals surface area (Å²) in [6.07, 6.45) is 6.07. The average Bonchev–Trinajstić information content (AvgIpc) is 3.04. The Kier molecular flexibility index (Phi) is 4.81. The predicted octanol–water partition coefficient (Wildman–Crippen LogP) is 3.66. The molecule has 5 nitrogen and oxygen atoms in total. The Labute approximate surface area is 144 Å². The minimum atomic E-state index is -0.0952. The van der Waals surface area contributed by atoms with Crippen LogP contribution in [0.2, 0.25) is 0 Å². The molecule has 0 aromatic carbocycles. The number of pyridine rings is 1. The third-order valence-electron chi connectivity index (χ3n) is 4.34. The average molecular weight is 326 g/mol. The monoisotopic (exact) mass is 326 g/mol. The Morgan fingerprint density at radius 1 is 1.29 bits per heavy atom. The van der Waals surface area contributed by atoms with E-state index >= 15 is 0 Å². The fourth-order valence-electron chi connectivity index (χ4n) is 3.15. The topological polar surface area (TPSA) is 51.1 Å². The van der Waals surface area contributed by atoms with Crippen molar-refractivity contribution < 1.29 is 4.74 Å². The van der Waals surface area contributed by atoms with Gasteiger partial charge in [0.05, 0.1) is 18.3 Å². The van der Waals surface area contributed by atoms with Gasteiger partial charge in [-0.2, -0.15) is 0 Å². The number of ether oxygens (including phenoxy) is 1. The van der Waals surface area contributed by atoms with E-state index in [0.717, 1.165) is 36.7 Å². The molecule has 5 heteroatoms. The second-order valence-corrected chi connectivity index (χ2v) is 7.36. The molecule has 1 saturated heterocycles. The lowest BCUT2D eigenvalue weighted by atomic mass is 9.95. The van der Waals surface area contributed by atoms with Crippen LogP contribution in [-0.4, -0.2) is 28.6 Å². The van der Waals surface area contributed by atoms with Gasteiger partial charge in [0.2, 0.25) is 0 Å². The van der Waals surface area contributed by atoms with Crippen LogP contribution in [0, 0.1) is 0 Å². The van der Waals surface area contributed by atoms with Crippen molar-refractivity contribution >= 4 is 5.82 Å². The van der Waals surface area contributed by atoms with Crippen LogP contribution < -0.4 is 4.90 Å².